The highest BCUT2D eigenvalue weighted by Gasteiger charge is 2.10. The van der Waals surface area contributed by atoms with Crippen LogP contribution in [0.25, 0.3) is 0 Å². The minimum atomic E-state index is 0.733. The molecule has 0 aliphatic carbocycles. The van der Waals surface area contributed by atoms with Gasteiger partial charge in [-0.3, -0.25) is 0 Å². The van der Waals surface area contributed by atoms with E-state index in [1.54, 1.807) is 0 Å². The Kier molecular flexibility index (Phi) is 4.02. The number of thiocarbonyl (C=S) groups is 1. The predicted molar refractivity (Wildman–Crippen MR) is 76.5 cm³/mol. The highest BCUT2D eigenvalue weighted by molar-refractivity contribution is 7.81. The summed E-state index contributed by atoms with van der Waals surface area (Å²) in [6.45, 7) is 2.08. The van der Waals surface area contributed by atoms with Gasteiger partial charge in [-0.1, -0.05) is 36.0 Å². The minimum Gasteiger partial charge on any atom is -0.372 e. The molecule has 0 unspecified atom stereocenters. The van der Waals surface area contributed by atoms with Crippen molar-refractivity contribution in [2.45, 2.75) is 6.42 Å². The number of nitrogens with zero attached hydrogens (tertiary/aromatic N) is 1. The van der Waals surface area contributed by atoms with Gasteiger partial charge in [-0.15, -0.1) is 0 Å². The van der Waals surface area contributed by atoms with Gasteiger partial charge >= 0.3 is 0 Å². The molecule has 0 saturated carbocycles. The SMILES string of the molecule is CN1CCCN/C1=C\C(=S)c1ccc(Cl)cc1. The maximum atomic E-state index is 5.85. The minimum absolute atomic E-state index is 0.733. The fourth-order valence-electron chi connectivity index (χ4n) is 1.77. The first-order valence-corrected chi connectivity index (χ1v) is 6.42. The first-order valence-electron chi connectivity index (χ1n) is 5.63. The Morgan fingerprint density at radius 3 is 2.76 bits per heavy atom. The number of halogens is 1. The number of benzene rings is 1. The topological polar surface area (TPSA) is 15.3 Å². The molecule has 0 radical (unpaired) electrons. The number of nitrogens with one attached hydrogen (secondary N) is 1. The van der Waals surface area contributed by atoms with E-state index in [-0.39, 0.29) is 0 Å². The molecule has 4 heteroatoms. The zero-order chi connectivity index (χ0) is 12.3. The van der Waals surface area contributed by atoms with Gasteiger partial charge in [0.15, 0.2) is 0 Å². The predicted octanol–water partition coefficient (Wildman–Crippen LogP) is 2.82. The van der Waals surface area contributed by atoms with E-state index in [4.69, 9.17) is 23.8 Å². The quantitative estimate of drug-likeness (QED) is 0.503. The highest BCUT2D eigenvalue weighted by atomic mass is 35.5. The van der Waals surface area contributed by atoms with E-state index in [0.717, 1.165) is 34.4 Å². The van der Waals surface area contributed by atoms with Crippen LogP contribution in [0, 0.1) is 0 Å². The largest absolute Gasteiger partial charge is 0.372 e. The molecule has 0 atom stereocenters. The van der Waals surface area contributed by atoms with Gasteiger partial charge in [0.05, 0.1) is 0 Å². The van der Waals surface area contributed by atoms with Gasteiger partial charge in [-0.05, 0) is 30.2 Å². The van der Waals surface area contributed by atoms with Crippen LogP contribution in [-0.4, -0.2) is 29.9 Å². The van der Waals surface area contributed by atoms with Crippen molar-refractivity contribution < 1.29 is 0 Å². The summed E-state index contributed by atoms with van der Waals surface area (Å²) in [5.74, 6) is 1.09. The highest BCUT2D eigenvalue weighted by Crippen LogP contribution is 2.13. The van der Waals surface area contributed by atoms with Crippen LogP contribution in [0.2, 0.25) is 5.02 Å². The van der Waals surface area contributed by atoms with Crippen LogP contribution in [0.5, 0.6) is 0 Å². The molecule has 0 spiro atoms. The number of allylic oxidation sites excluding steroid dienone is 1. The normalized spacial score (nSPS) is 18.0. The van der Waals surface area contributed by atoms with Crippen LogP contribution < -0.4 is 5.32 Å². The third kappa shape index (κ3) is 3.20. The number of hydrogen-bond acceptors (Lipinski definition) is 3. The lowest BCUT2D eigenvalue weighted by molar-refractivity contribution is 0.335. The summed E-state index contributed by atoms with van der Waals surface area (Å²) in [7, 11) is 2.07. The molecule has 17 heavy (non-hydrogen) atoms. The van der Waals surface area contributed by atoms with Crippen molar-refractivity contribution in [1.82, 2.24) is 10.2 Å². The summed E-state index contributed by atoms with van der Waals surface area (Å²) in [6.07, 6.45) is 3.18. The van der Waals surface area contributed by atoms with Crippen molar-refractivity contribution in [2.75, 3.05) is 20.1 Å². The van der Waals surface area contributed by atoms with Crippen LogP contribution in [0.1, 0.15) is 12.0 Å². The molecule has 1 heterocycles. The van der Waals surface area contributed by atoms with Gasteiger partial charge in [0, 0.05) is 30.0 Å². The second-order valence-corrected chi connectivity index (χ2v) is 4.98. The summed E-state index contributed by atoms with van der Waals surface area (Å²) < 4.78 is 0. The molecular formula is C13H15ClN2S. The summed E-state index contributed by atoms with van der Waals surface area (Å²) in [4.78, 5) is 3.02. The standard InChI is InChI=1S/C13H15ClN2S/c1-16-8-2-7-15-13(16)9-12(17)10-3-5-11(14)6-4-10/h3-6,9,15H,2,7-8H2,1H3/b13-9+. The molecule has 0 aromatic heterocycles. The Morgan fingerprint density at radius 2 is 2.12 bits per heavy atom. The maximum absolute atomic E-state index is 5.85. The van der Waals surface area contributed by atoms with Crippen molar-refractivity contribution in [3.63, 3.8) is 0 Å². The molecule has 2 rings (SSSR count). The van der Waals surface area contributed by atoms with Crippen LogP contribution >= 0.6 is 23.8 Å². The smallest absolute Gasteiger partial charge is 0.102 e. The molecular weight excluding hydrogens is 252 g/mol. The fraction of sp³-hybridized carbons (Fsp3) is 0.308. The Labute approximate surface area is 112 Å². The zero-order valence-electron chi connectivity index (χ0n) is 9.74. The molecule has 1 aromatic rings. The van der Waals surface area contributed by atoms with E-state index in [1.165, 1.54) is 6.42 Å². The van der Waals surface area contributed by atoms with E-state index in [1.807, 2.05) is 30.3 Å². The molecule has 1 fully saturated rings. The second kappa shape index (κ2) is 5.52. The van der Waals surface area contributed by atoms with Gasteiger partial charge in [0.1, 0.15) is 5.82 Å². The molecule has 0 bridgehead atoms. The summed E-state index contributed by atoms with van der Waals surface area (Å²) >= 11 is 11.3. The summed E-state index contributed by atoms with van der Waals surface area (Å²) in [5, 5.41) is 4.09. The van der Waals surface area contributed by atoms with Gasteiger partial charge < -0.3 is 10.2 Å². The van der Waals surface area contributed by atoms with E-state index >= 15 is 0 Å². The first-order chi connectivity index (χ1) is 8.16. The molecule has 1 aliphatic heterocycles. The first kappa shape index (κ1) is 12.4. The van der Waals surface area contributed by atoms with E-state index < -0.39 is 0 Å². The van der Waals surface area contributed by atoms with E-state index in [9.17, 15) is 0 Å². The van der Waals surface area contributed by atoms with E-state index in [2.05, 4.69) is 17.3 Å². The number of hydrogen-bond donors (Lipinski definition) is 1. The number of rotatable bonds is 2. The molecule has 1 aliphatic rings. The third-order valence-electron chi connectivity index (χ3n) is 2.78. The lowest BCUT2D eigenvalue weighted by atomic mass is 10.1. The van der Waals surface area contributed by atoms with Crippen molar-refractivity contribution in [1.29, 1.82) is 0 Å². The maximum Gasteiger partial charge on any atom is 0.102 e. The van der Waals surface area contributed by atoms with Gasteiger partial charge in [-0.25, -0.2) is 0 Å². The Balaban J connectivity index is 2.15. The zero-order valence-corrected chi connectivity index (χ0v) is 11.3. The lowest BCUT2D eigenvalue weighted by Gasteiger charge is -2.28. The van der Waals surface area contributed by atoms with Crippen molar-refractivity contribution in [3.05, 3.63) is 46.7 Å². The average Bonchev–Trinajstić information content (AvgIpc) is 2.33. The molecule has 1 aromatic carbocycles. The Hall–Kier alpha value is -1.06. The van der Waals surface area contributed by atoms with Gasteiger partial charge in [0.2, 0.25) is 0 Å². The molecule has 90 valence electrons. The third-order valence-corrected chi connectivity index (χ3v) is 3.39. The van der Waals surface area contributed by atoms with Crippen molar-refractivity contribution in [2.24, 2.45) is 0 Å². The molecule has 1 N–H and O–H groups in total. The van der Waals surface area contributed by atoms with Crippen LogP contribution in [0.3, 0.4) is 0 Å². The lowest BCUT2D eigenvalue weighted by Crippen LogP contribution is -2.37. The monoisotopic (exact) mass is 266 g/mol. The van der Waals surface area contributed by atoms with Gasteiger partial charge in [-0.2, -0.15) is 0 Å². The Bertz CT molecular complexity index is 439. The molecule has 1 saturated heterocycles. The molecule has 0 amide bonds. The van der Waals surface area contributed by atoms with Crippen molar-refractivity contribution in [3.8, 4) is 0 Å². The summed E-state index contributed by atoms with van der Waals surface area (Å²) in [6, 6.07) is 7.62. The van der Waals surface area contributed by atoms with Crippen LogP contribution in [0.15, 0.2) is 36.2 Å². The van der Waals surface area contributed by atoms with Crippen LogP contribution in [-0.2, 0) is 0 Å². The molecule has 2 nitrogen and oxygen atoms in total. The van der Waals surface area contributed by atoms with Gasteiger partial charge in [0.25, 0.3) is 0 Å². The van der Waals surface area contributed by atoms with Crippen molar-refractivity contribution >= 4 is 28.7 Å². The van der Waals surface area contributed by atoms with E-state index in [0.29, 0.717) is 0 Å². The summed E-state index contributed by atoms with van der Waals surface area (Å²) in [5.41, 5.74) is 1.03. The Morgan fingerprint density at radius 1 is 1.41 bits per heavy atom. The fourth-order valence-corrected chi connectivity index (χ4v) is 2.14. The average molecular weight is 267 g/mol. The second-order valence-electron chi connectivity index (χ2n) is 4.10. The van der Waals surface area contributed by atoms with Crippen LogP contribution in [0.4, 0.5) is 0 Å².